The van der Waals surface area contributed by atoms with E-state index >= 15 is 0 Å². The van der Waals surface area contributed by atoms with Gasteiger partial charge in [0, 0.05) is 12.6 Å². The number of benzene rings is 1. The van der Waals surface area contributed by atoms with Crippen molar-refractivity contribution in [3.63, 3.8) is 0 Å². The molecule has 1 aromatic carbocycles. The molecule has 0 saturated carbocycles. The number of imidazole rings is 1. The highest BCUT2D eigenvalue weighted by Crippen LogP contribution is 2.19. The number of aryl methyl sites for hydroxylation is 2. The lowest BCUT2D eigenvalue weighted by molar-refractivity contribution is 0.0696. The van der Waals surface area contributed by atoms with Crippen molar-refractivity contribution in [3.8, 4) is 0 Å². The fourth-order valence-corrected chi connectivity index (χ4v) is 2.72. The Kier molecular flexibility index (Phi) is 4.10. The summed E-state index contributed by atoms with van der Waals surface area (Å²) in [5, 5.41) is 9.14. The van der Waals surface area contributed by atoms with Gasteiger partial charge in [-0.2, -0.15) is 0 Å². The molecule has 23 heavy (non-hydrogen) atoms. The molecule has 2 aromatic heterocycles. The number of carboxylic acid groups (broad SMARTS) is 1. The molecular weight excluding hydrogens is 290 g/mol. The molecule has 3 rings (SSSR count). The van der Waals surface area contributed by atoms with Crippen LogP contribution in [0.3, 0.4) is 0 Å². The van der Waals surface area contributed by atoms with Crippen LogP contribution in [0.4, 0.5) is 0 Å². The maximum absolute atomic E-state index is 11.1. The van der Waals surface area contributed by atoms with Crippen LogP contribution in [0, 0.1) is 6.92 Å². The van der Waals surface area contributed by atoms with Gasteiger partial charge in [0.25, 0.3) is 0 Å². The number of pyridine rings is 1. The number of carbonyl (C=O) groups is 1. The number of nitrogens with zero attached hydrogens (tertiary/aromatic N) is 3. The van der Waals surface area contributed by atoms with Gasteiger partial charge in [0.2, 0.25) is 0 Å². The van der Waals surface area contributed by atoms with Crippen LogP contribution in [0.15, 0.2) is 36.5 Å². The van der Waals surface area contributed by atoms with Crippen molar-refractivity contribution in [2.45, 2.75) is 33.2 Å². The summed E-state index contributed by atoms with van der Waals surface area (Å²) in [5.74, 6) is 0.0752. The van der Waals surface area contributed by atoms with Gasteiger partial charge in [0.05, 0.1) is 12.1 Å². The first-order chi connectivity index (χ1) is 11.1. The Balaban J connectivity index is 2.06. The third-order valence-electron chi connectivity index (χ3n) is 3.79. The first kappa shape index (κ1) is 15.2. The number of fused-ring (bicyclic) bond motifs is 1. The molecule has 2 heterocycles. The van der Waals surface area contributed by atoms with E-state index in [1.807, 2.05) is 25.3 Å². The molecule has 5 heteroatoms. The molecule has 0 bridgehead atoms. The zero-order chi connectivity index (χ0) is 16.4. The molecule has 0 aliphatic rings. The normalized spacial score (nSPS) is 11.0. The van der Waals surface area contributed by atoms with Gasteiger partial charge >= 0.3 is 5.97 Å². The monoisotopic (exact) mass is 309 g/mol. The summed E-state index contributed by atoms with van der Waals surface area (Å²) in [6.07, 6.45) is 3.70. The van der Waals surface area contributed by atoms with Crippen LogP contribution in [0.25, 0.3) is 11.2 Å². The van der Waals surface area contributed by atoms with Crippen LogP contribution in [0.5, 0.6) is 0 Å². The fraction of sp³-hybridized carbons (Fsp3) is 0.278. The van der Waals surface area contributed by atoms with Crippen LogP contribution >= 0.6 is 0 Å². The first-order valence-corrected chi connectivity index (χ1v) is 7.72. The Morgan fingerprint density at radius 3 is 2.87 bits per heavy atom. The average Bonchev–Trinajstić information content (AvgIpc) is 2.85. The highest BCUT2D eigenvalue weighted by molar-refractivity contribution is 5.87. The Morgan fingerprint density at radius 1 is 1.30 bits per heavy atom. The number of carboxylic acids is 1. The van der Waals surface area contributed by atoms with E-state index in [1.165, 1.54) is 0 Å². The highest BCUT2D eigenvalue weighted by Gasteiger charge is 2.13. The minimum absolute atomic E-state index is 0.299. The van der Waals surface area contributed by atoms with Crippen molar-refractivity contribution in [2.24, 2.45) is 0 Å². The van der Waals surface area contributed by atoms with Crippen LogP contribution < -0.4 is 0 Å². The molecule has 0 atom stereocenters. The van der Waals surface area contributed by atoms with E-state index in [4.69, 9.17) is 10.1 Å². The predicted octanol–water partition coefficient (Wildman–Crippen LogP) is 3.44. The van der Waals surface area contributed by atoms with Crippen LogP contribution in [-0.2, 0) is 13.0 Å². The third-order valence-corrected chi connectivity index (χ3v) is 3.79. The van der Waals surface area contributed by atoms with E-state index in [1.54, 1.807) is 18.2 Å². The summed E-state index contributed by atoms with van der Waals surface area (Å²) in [7, 11) is 0. The molecule has 0 amide bonds. The standard InChI is InChI=1S/C18H19N3O2/c1-3-5-16-20-15-8-12(2)10-19-17(15)21(16)11-13-6-4-7-14(9-13)18(22)23/h4,6-10H,3,5,11H2,1-2H3,(H,22,23). The molecule has 0 spiro atoms. The average molecular weight is 309 g/mol. The second-order valence-corrected chi connectivity index (χ2v) is 5.73. The van der Waals surface area contributed by atoms with Crippen molar-refractivity contribution in [2.75, 3.05) is 0 Å². The van der Waals surface area contributed by atoms with Gasteiger partial charge in [0.1, 0.15) is 11.3 Å². The molecule has 3 aromatic rings. The second kappa shape index (κ2) is 6.20. The summed E-state index contributed by atoms with van der Waals surface area (Å²) >= 11 is 0. The number of rotatable bonds is 5. The quantitative estimate of drug-likeness (QED) is 0.784. The molecule has 0 aliphatic heterocycles. The zero-order valence-corrected chi connectivity index (χ0v) is 13.3. The highest BCUT2D eigenvalue weighted by atomic mass is 16.4. The van der Waals surface area contributed by atoms with Crippen LogP contribution in [0.2, 0.25) is 0 Å². The Morgan fingerprint density at radius 2 is 2.13 bits per heavy atom. The SMILES string of the molecule is CCCc1nc2cc(C)cnc2n1Cc1cccc(C(=O)O)c1. The Hall–Kier alpha value is -2.69. The summed E-state index contributed by atoms with van der Waals surface area (Å²) in [5.41, 5.74) is 4.05. The minimum atomic E-state index is -0.912. The van der Waals surface area contributed by atoms with E-state index in [0.717, 1.165) is 41.0 Å². The maximum atomic E-state index is 11.1. The lowest BCUT2D eigenvalue weighted by atomic mass is 10.1. The molecule has 0 radical (unpaired) electrons. The van der Waals surface area contributed by atoms with E-state index in [2.05, 4.69) is 16.5 Å². The topological polar surface area (TPSA) is 68.0 Å². The second-order valence-electron chi connectivity index (χ2n) is 5.73. The van der Waals surface area contributed by atoms with Crippen LogP contribution in [0.1, 0.15) is 40.7 Å². The van der Waals surface area contributed by atoms with Gasteiger partial charge in [-0.05, 0) is 42.7 Å². The number of aromatic carboxylic acids is 1. The van der Waals surface area contributed by atoms with E-state index in [9.17, 15) is 4.79 Å². The van der Waals surface area contributed by atoms with Crippen molar-refractivity contribution < 1.29 is 9.90 Å². The van der Waals surface area contributed by atoms with Gasteiger partial charge in [-0.1, -0.05) is 19.1 Å². The van der Waals surface area contributed by atoms with Crippen molar-refractivity contribution in [3.05, 3.63) is 59.0 Å². The van der Waals surface area contributed by atoms with Gasteiger partial charge < -0.3 is 9.67 Å². The number of hydrogen-bond donors (Lipinski definition) is 1. The first-order valence-electron chi connectivity index (χ1n) is 7.72. The van der Waals surface area contributed by atoms with E-state index in [-0.39, 0.29) is 0 Å². The van der Waals surface area contributed by atoms with Gasteiger partial charge in [-0.3, -0.25) is 0 Å². The minimum Gasteiger partial charge on any atom is -0.478 e. The molecule has 0 fully saturated rings. The molecule has 0 saturated heterocycles. The molecule has 0 unspecified atom stereocenters. The van der Waals surface area contributed by atoms with Gasteiger partial charge in [-0.15, -0.1) is 0 Å². The van der Waals surface area contributed by atoms with Crippen LogP contribution in [-0.4, -0.2) is 25.6 Å². The molecule has 1 N–H and O–H groups in total. The lowest BCUT2D eigenvalue weighted by Crippen LogP contribution is -2.07. The van der Waals surface area contributed by atoms with E-state index < -0.39 is 5.97 Å². The molecule has 118 valence electrons. The largest absolute Gasteiger partial charge is 0.478 e. The van der Waals surface area contributed by atoms with Gasteiger partial charge in [-0.25, -0.2) is 14.8 Å². The molecule has 0 aliphatic carbocycles. The van der Waals surface area contributed by atoms with Crippen molar-refractivity contribution in [1.82, 2.24) is 14.5 Å². The van der Waals surface area contributed by atoms with Crippen molar-refractivity contribution in [1.29, 1.82) is 0 Å². The third kappa shape index (κ3) is 3.08. The van der Waals surface area contributed by atoms with Crippen molar-refractivity contribution >= 4 is 17.1 Å². The smallest absolute Gasteiger partial charge is 0.335 e. The summed E-state index contributed by atoms with van der Waals surface area (Å²) in [6.45, 7) is 4.69. The van der Waals surface area contributed by atoms with Gasteiger partial charge in [0.15, 0.2) is 5.65 Å². The lowest BCUT2D eigenvalue weighted by Gasteiger charge is -2.09. The molecule has 5 nitrogen and oxygen atoms in total. The number of hydrogen-bond acceptors (Lipinski definition) is 3. The molecular formula is C18H19N3O2. The number of aromatic nitrogens is 3. The summed E-state index contributed by atoms with van der Waals surface area (Å²) < 4.78 is 2.08. The predicted molar refractivity (Wildman–Crippen MR) is 88.8 cm³/mol. The Labute approximate surface area is 134 Å². The Bertz CT molecular complexity index is 868. The van der Waals surface area contributed by atoms with E-state index in [0.29, 0.717) is 12.1 Å². The maximum Gasteiger partial charge on any atom is 0.335 e. The summed E-state index contributed by atoms with van der Waals surface area (Å²) in [6, 6.07) is 9.05. The zero-order valence-electron chi connectivity index (χ0n) is 13.3. The fourth-order valence-electron chi connectivity index (χ4n) is 2.72. The summed E-state index contributed by atoms with van der Waals surface area (Å²) in [4.78, 5) is 20.4.